The van der Waals surface area contributed by atoms with Crippen LogP contribution in [0.1, 0.15) is 64.2 Å². The predicted octanol–water partition coefficient (Wildman–Crippen LogP) is 2.77. The Kier molecular flexibility index (Phi) is 5.33. The molecular weight excluding hydrogens is 286 g/mol. The number of carbonyl (C=O) groups excluding carboxylic acids is 1. The van der Waals surface area contributed by atoms with Crippen molar-refractivity contribution >= 4 is 15.7 Å². The number of amides is 1. The molecule has 4 nitrogen and oxygen atoms in total. The molecule has 2 rings (SSSR count). The molecule has 5 heteroatoms. The van der Waals surface area contributed by atoms with Crippen molar-refractivity contribution in [3.63, 3.8) is 0 Å². The number of sulfone groups is 1. The first-order valence-corrected chi connectivity index (χ1v) is 10.3. The maximum Gasteiger partial charge on any atom is 0.223 e. The molecule has 0 atom stereocenters. The van der Waals surface area contributed by atoms with Crippen LogP contribution >= 0.6 is 0 Å². The first kappa shape index (κ1) is 16.8. The van der Waals surface area contributed by atoms with Gasteiger partial charge in [-0.25, -0.2) is 8.42 Å². The van der Waals surface area contributed by atoms with Crippen LogP contribution in [0.5, 0.6) is 0 Å². The lowest BCUT2D eigenvalue weighted by Gasteiger charge is -2.31. The van der Waals surface area contributed by atoms with E-state index in [2.05, 4.69) is 0 Å². The van der Waals surface area contributed by atoms with E-state index in [-0.39, 0.29) is 17.1 Å². The van der Waals surface area contributed by atoms with E-state index in [9.17, 15) is 13.2 Å². The average molecular weight is 315 g/mol. The molecule has 0 saturated heterocycles. The van der Waals surface area contributed by atoms with Gasteiger partial charge in [-0.15, -0.1) is 0 Å². The van der Waals surface area contributed by atoms with E-state index in [1.807, 2.05) is 11.9 Å². The van der Waals surface area contributed by atoms with Gasteiger partial charge in [0.2, 0.25) is 5.91 Å². The number of nitrogens with zero attached hydrogens (tertiary/aromatic N) is 1. The zero-order chi connectivity index (χ0) is 15.5. The fourth-order valence-electron chi connectivity index (χ4n) is 3.58. The third-order valence-corrected chi connectivity index (χ3v) is 6.20. The maximum atomic E-state index is 12.5. The molecule has 0 aromatic heterocycles. The molecule has 0 N–H and O–H groups in total. The molecule has 0 aromatic rings. The van der Waals surface area contributed by atoms with Crippen LogP contribution in [-0.4, -0.2) is 44.3 Å². The second-order valence-corrected chi connectivity index (χ2v) is 9.39. The zero-order valence-corrected chi connectivity index (χ0v) is 14.3. The summed E-state index contributed by atoms with van der Waals surface area (Å²) in [6.45, 7) is 0. The Labute approximate surface area is 129 Å². The molecular formula is C16H29NO3S. The van der Waals surface area contributed by atoms with Crippen LogP contribution in [0.15, 0.2) is 0 Å². The first-order chi connectivity index (χ1) is 9.81. The Morgan fingerprint density at radius 1 is 1.10 bits per heavy atom. The second kappa shape index (κ2) is 6.67. The molecule has 122 valence electrons. The lowest BCUT2D eigenvalue weighted by molar-refractivity contribution is -0.133. The van der Waals surface area contributed by atoms with Crippen LogP contribution in [0.3, 0.4) is 0 Å². The van der Waals surface area contributed by atoms with Crippen molar-refractivity contribution in [1.29, 1.82) is 0 Å². The van der Waals surface area contributed by atoms with Gasteiger partial charge in [-0.2, -0.15) is 0 Å². The highest BCUT2D eigenvalue weighted by Crippen LogP contribution is 2.50. The SMILES string of the molecule is CN(C(=O)CC1(CS(C)(=O)=O)CC1)C1CCCCCCC1. The van der Waals surface area contributed by atoms with E-state index in [1.165, 1.54) is 38.4 Å². The van der Waals surface area contributed by atoms with Crippen molar-refractivity contribution in [2.24, 2.45) is 5.41 Å². The van der Waals surface area contributed by atoms with E-state index >= 15 is 0 Å². The molecule has 0 radical (unpaired) electrons. The summed E-state index contributed by atoms with van der Waals surface area (Å²) < 4.78 is 23.0. The third-order valence-electron chi connectivity index (χ3n) is 5.07. The fraction of sp³-hybridized carbons (Fsp3) is 0.938. The third kappa shape index (κ3) is 5.28. The second-order valence-electron chi connectivity index (χ2n) is 7.25. The summed E-state index contributed by atoms with van der Waals surface area (Å²) in [7, 11) is -1.09. The molecule has 2 aliphatic rings. The van der Waals surface area contributed by atoms with E-state index in [1.54, 1.807) is 0 Å². The molecule has 0 spiro atoms. The van der Waals surface area contributed by atoms with Gasteiger partial charge in [0.15, 0.2) is 0 Å². The van der Waals surface area contributed by atoms with Crippen molar-refractivity contribution in [3.05, 3.63) is 0 Å². The van der Waals surface area contributed by atoms with Crippen molar-refractivity contribution in [2.45, 2.75) is 70.3 Å². The molecule has 0 bridgehead atoms. The van der Waals surface area contributed by atoms with Crippen molar-refractivity contribution in [2.75, 3.05) is 19.1 Å². The molecule has 0 aliphatic heterocycles. The highest BCUT2D eigenvalue weighted by atomic mass is 32.2. The van der Waals surface area contributed by atoms with Gasteiger partial charge in [0, 0.05) is 25.8 Å². The Morgan fingerprint density at radius 2 is 1.62 bits per heavy atom. The largest absolute Gasteiger partial charge is 0.343 e. The number of carbonyl (C=O) groups is 1. The van der Waals surface area contributed by atoms with Gasteiger partial charge in [-0.3, -0.25) is 4.79 Å². The average Bonchev–Trinajstić information content (AvgIpc) is 3.04. The van der Waals surface area contributed by atoms with Crippen molar-refractivity contribution < 1.29 is 13.2 Å². The highest BCUT2D eigenvalue weighted by Gasteiger charge is 2.47. The number of hydrogen-bond donors (Lipinski definition) is 0. The van der Waals surface area contributed by atoms with E-state index in [0.717, 1.165) is 25.7 Å². The number of hydrogen-bond acceptors (Lipinski definition) is 3. The highest BCUT2D eigenvalue weighted by molar-refractivity contribution is 7.90. The summed E-state index contributed by atoms with van der Waals surface area (Å²) in [6.07, 6.45) is 11.9. The molecule has 1 amide bonds. The molecule has 0 aromatic carbocycles. The predicted molar refractivity (Wildman–Crippen MR) is 84.9 cm³/mol. The van der Waals surface area contributed by atoms with Crippen LogP contribution in [0.25, 0.3) is 0 Å². The topological polar surface area (TPSA) is 54.5 Å². The Balaban J connectivity index is 1.89. The van der Waals surface area contributed by atoms with Gasteiger partial charge in [0.25, 0.3) is 0 Å². The van der Waals surface area contributed by atoms with Crippen LogP contribution in [0.2, 0.25) is 0 Å². The molecule has 0 unspecified atom stereocenters. The molecule has 2 aliphatic carbocycles. The Bertz CT molecular complexity index is 460. The summed E-state index contributed by atoms with van der Waals surface area (Å²) in [6, 6.07) is 0.354. The Hall–Kier alpha value is -0.580. The Morgan fingerprint density at radius 3 is 2.10 bits per heavy atom. The van der Waals surface area contributed by atoms with Gasteiger partial charge in [-0.1, -0.05) is 32.1 Å². The number of rotatable bonds is 5. The molecule has 21 heavy (non-hydrogen) atoms. The van der Waals surface area contributed by atoms with Crippen LogP contribution < -0.4 is 0 Å². The minimum Gasteiger partial charge on any atom is -0.343 e. The molecule has 2 saturated carbocycles. The smallest absolute Gasteiger partial charge is 0.223 e. The van der Waals surface area contributed by atoms with Gasteiger partial charge in [0.05, 0.1) is 5.75 Å². The standard InChI is InChI=1S/C16H29NO3S/c1-17(14-8-6-4-3-5-7-9-14)15(18)12-16(10-11-16)13-21(2,19)20/h14H,3-13H2,1-2H3. The monoisotopic (exact) mass is 315 g/mol. The van der Waals surface area contributed by atoms with Crippen LogP contribution in [0, 0.1) is 5.41 Å². The summed E-state index contributed by atoms with van der Waals surface area (Å²) in [5.74, 6) is 0.311. The van der Waals surface area contributed by atoms with Crippen LogP contribution in [-0.2, 0) is 14.6 Å². The molecule has 0 heterocycles. The maximum absolute atomic E-state index is 12.5. The van der Waals surface area contributed by atoms with E-state index in [0.29, 0.717) is 12.5 Å². The summed E-state index contributed by atoms with van der Waals surface area (Å²) in [5.41, 5.74) is -0.249. The normalized spacial score (nSPS) is 23.1. The zero-order valence-electron chi connectivity index (χ0n) is 13.4. The van der Waals surface area contributed by atoms with E-state index < -0.39 is 9.84 Å². The van der Waals surface area contributed by atoms with Crippen molar-refractivity contribution in [3.8, 4) is 0 Å². The van der Waals surface area contributed by atoms with Gasteiger partial charge >= 0.3 is 0 Å². The van der Waals surface area contributed by atoms with Gasteiger partial charge < -0.3 is 4.90 Å². The quantitative estimate of drug-likeness (QED) is 0.784. The fourth-order valence-corrected chi connectivity index (χ4v) is 5.08. The van der Waals surface area contributed by atoms with E-state index in [4.69, 9.17) is 0 Å². The van der Waals surface area contributed by atoms with Gasteiger partial charge in [-0.05, 0) is 31.1 Å². The minimum atomic E-state index is -3.00. The summed E-state index contributed by atoms with van der Waals surface area (Å²) in [4.78, 5) is 14.4. The minimum absolute atomic E-state index is 0.140. The van der Waals surface area contributed by atoms with Crippen molar-refractivity contribution in [1.82, 2.24) is 4.90 Å². The van der Waals surface area contributed by atoms with Crippen LogP contribution in [0.4, 0.5) is 0 Å². The summed E-state index contributed by atoms with van der Waals surface area (Å²) in [5, 5.41) is 0. The lowest BCUT2D eigenvalue weighted by atomic mass is 9.95. The first-order valence-electron chi connectivity index (χ1n) is 8.25. The summed E-state index contributed by atoms with van der Waals surface area (Å²) >= 11 is 0. The lowest BCUT2D eigenvalue weighted by Crippen LogP contribution is -2.39. The van der Waals surface area contributed by atoms with Gasteiger partial charge in [0.1, 0.15) is 9.84 Å². The molecule has 2 fully saturated rings.